The van der Waals surface area contributed by atoms with Crippen LogP contribution < -0.4 is 10.6 Å². The molecule has 2 aromatic carbocycles. The lowest BCUT2D eigenvalue weighted by molar-refractivity contribution is -0.153. The molecule has 0 bridgehead atoms. The third-order valence-electron chi connectivity index (χ3n) is 3.59. The zero-order chi connectivity index (χ0) is 20.7. The van der Waals surface area contributed by atoms with Gasteiger partial charge in [-0.05, 0) is 43.3 Å². The highest BCUT2D eigenvalue weighted by atomic mass is 35.5. The number of hydrogen-bond donors (Lipinski definition) is 2. The molecule has 0 heterocycles. The predicted octanol–water partition coefficient (Wildman–Crippen LogP) is 3.31. The Balaban J connectivity index is 1.76. The van der Waals surface area contributed by atoms with Crippen LogP contribution in [0.15, 0.2) is 42.5 Å². The average Bonchev–Trinajstić information content (AvgIpc) is 2.64. The molecule has 0 aliphatic rings. The topological polar surface area (TPSA) is 84.5 Å². The second-order valence-corrected chi connectivity index (χ2v) is 6.19. The van der Waals surface area contributed by atoms with Crippen LogP contribution in [0.2, 0.25) is 5.02 Å². The number of benzene rings is 2. The highest BCUT2D eigenvalue weighted by Gasteiger charge is 2.19. The standard InChI is InChI=1S/C19H17ClF2N2O4/c1-11(18(26)24-16-7-6-14(21)10-15(16)22)28-17(25)8-9-23-19(27)12-2-4-13(20)5-3-12/h2-7,10-11H,8-9H2,1H3,(H,23,27)(H,24,26)/t11-/m0/s1. The normalized spacial score (nSPS) is 11.4. The molecule has 2 rings (SSSR count). The minimum Gasteiger partial charge on any atom is -0.452 e. The number of nitrogens with one attached hydrogen (secondary N) is 2. The molecule has 0 radical (unpaired) electrons. The molecule has 0 fully saturated rings. The molecular formula is C19H17ClF2N2O4. The van der Waals surface area contributed by atoms with Crippen LogP contribution in [0.4, 0.5) is 14.5 Å². The van der Waals surface area contributed by atoms with Gasteiger partial charge >= 0.3 is 5.97 Å². The van der Waals surface area contributed by atoms with Gasteiger partial charge in [0, 0.05) is 23.2 Å². The van der Waals surface area contributed by atoms with Gasteiger partial charge in [-0.3, -0.25) is 14.4 Å². The van der Waals surface area contributed by atoms with Gasteiger partial charge in [-0.15, -0.1) is 0 Å². The lowest BCUT2D eigenvalue weighted by atomic mass is 10.2. The van der Waals surface area contributed by atoms with Gasteiger partial charge in [0.05, 0.1) is 12.1 Å². The Labute approximate surface area is 164 Å². The molecule has 6 nitrogen and oxygen atoms in total. The van der Waals surface area contributed by atoms with Crippen molar-refractivity contribution in [2.45, 2.75) is 19.4 Å². The van der Waals surface area contributed by atoms with E-state index in [2.05, 4.69) is 10.6 Å². The molecule has 0 saturated carbocycles. The van der Waals surface area contributed by atoms with Gasteiger partial charge in [-0.2, -0.15) is 0 Å². The molecule has 9 heteroatoms. The van der Waals surface area contributed by atoms with Crippen LogP contribution in [0.5, 0.6) is 0 Å². The quantitative estimate of drug-likeness (QED) is 0.686. The monoisotopic (exact) mass is 410 g/mol. The number of carbonyl (C=O) groups is 3. The van der Waals surface area contributed by atoms with Gasteiger partial charge in [-0.25, -0.2) is 8.78 Å². The largest absolute Gasteiger partial charge is 0.452 e. The van der Waals surface area contributed by atoms with Crippen molar-refractivity contribution in [3.05, 3.63) is 64.7 Å². The van der Waals surface area contributed by atoms with Crippen LogP contribution in [0.3, 0.4) is 0 Å². The zero-order valence-electron chi connectivity index (χ0n) is 14.8. The van der Waals surface area contributed by atoms with Gasteiger partial charge in [0.2, 0.25) is 0 Å². The summed E-state index contributed by atoms with van der Waals surface area (Å²) in [5, 5.41) is 5.23. The Morgan fingerprint density at radius 1 is 1.11 bits per heavy atom. The van der Waals surface area contributed by atoms with E-state index in [1.807, 2.05) is 0 Å². The number of esters is 1. The average molecular weight is 411 g/mol. The van der Waals surface area contributed by atoms with E-state index in [0.717, 1.165) is 12.1 Å². The van der Waals surface area contributed by atoms with Crippen LogP contribution in [-0.4, -0.2) is 30.4 Å². The zero-order valence-corrected chi connectivity index (χ0v) is 15.6. The molecular weight excluding hydrogens is 394 g/mol. The van der Waals surface area contributed by atoms with E-state index in [9.17, 15) is 23.2 Å². The Hall–Kier alpha value is -3.00. The highest BCUT2D eigenvalue weighted by molar-refractivity contribution is 6.30. The van der Waals surface area contributed by atoms with Gasteiger partial charge in [0.1, 0.15) is 11.6 Å². The number of hydrogen-bond acceptors (Lipinski definition) is 4. The van der Waals surface area contributed by atoms with Crippen molar-refractivity contribution in [2.24, 2.45) is 0 Å². The molecule has 0 aliphatic carbocycles. The maximum atomic E-state index is 13.5. The Morgan fingerprint density at radius 3 is 2.43 bits per heavy atom. The van der Waals surface area contributed by atoms with E-state index >= 15 is 0 Å². The molecule has 2 N–H and O–H groups in total. The summed E-state index contributed by atoms with van der Waals surface area (Å²) in [5.41, 5.74) is 0.149. The first-order chi connectivity index (χ1) is 13.3. The van der Waals surface area contributed by atoms with Gasteiger partial charge in [-0.1, -0.05) is 11.6 Å². The van der Waals surface area contributed by atoms with Crippen molar-refractivity contribution < 1.29 is 27.9 Å². The van der Waals surface area contributed by atoms with Crippen molar-refractivity contribution in [1.82, 2.24) is 5.32 Å². The summed E-state index contributed by atoms with van der Waals surface area (Å²) in [6.07, 6.45) is -1.37. The van der Waals surface area contributed by atoms with Gasteiger partial charge < -0.3 is 15.4 Å². The Bertz CT molecular complexity index is 875. The molecule has 0 saturated heterocycles. The summed E-state index contributed by atoms with van der Waals surface area (Å²) in [7, 11) is 0. The van der Waals surface area contributed by atoms with Crippen LogP contribution in [0, 0.1) is 11.6 Å². The maximum Gasteiger partial charge on any atom is 0.308 e. The minimum atomic E-state index is -1.20. The molecule has 148 valence electrons. The van der Waals surface area contributed by atoms with Crippen molar-refractivity contribution in [3.63, 3.8) is 0 Å². The van der Waals surface area contributed by atoms with Gasteiger partial charge in [0.15, 0.2) is 6.10 Å². The number of halogens is 3. The van der Waals surface area contributed by atoms with Crippen molar-refractivity contribution in [2.75, 3.05) is 11.9 Å². The van der Waals surface area contributed by atoms with Crippen molar-refractivity contribution >= 4 is 35.1 Å². The fourth-order valence-electron chi connectivity index (χ4n) is 2.12. The van der Waals surface area contributed by atoms with E-state index in [1.54, 1.807) is 12.1 Å². The number of anilines is 1. The summed E-state index contributed by atoms with van der Waals surface area (Å²) in [4.78, 5) is 35.6. The van der Waals surface area contributed by atoms with Crippen molar-refractivity contribution in [3.8, 4) is 0 Å². The van der Waals surface area contributed by atoms with E-state index in [0.29, 0.717) is 16.7 Å². The van der Waals surface area contributed by atoms with Crippen LogP contribution in [0.1, 0.15) is 23.7 Å². The smallest absolute Gasteiger partial charge is 0.308 e. The second-order valence-electron chi connectivity index (χ2n) is 5.76. The number of rotatable bonds is 7. The molecule has 0 unspecified atom stereocenters. The first-order valence-electron chi connectivity index (χ1n) is 8.25. The summed E-state index contributed by atoms with van der Waals surface area (Å²) < 4.78 is 31.3. The van der Waals surface area contributed by atoms with E-state index in [-0.39, 0.29) is 24.6 Å². The first kappa shape index (κ1) is 21.3. The Morgan fingerprint density at radius 2 is 1.79 bits per heavy atom. The van der Waals surface area contributed by atoms with Gasteiger partial charge in [0.25, 0.3) is 11.8 Å². The Kier molecular flexibility index (Phi) is 7.45. The molecule has 0 aliphatic heterocycles. The third kappa shape index (κ3) is 6.31. The fourth-order valence-corrected chi connectivity index (χ4v) is 2.24. The molecule has 2 aromatic rings. The molecule has 1 atom stereocenters. The van der Waals surface area contributed by atoms with Crippen LogP contribution >= 0.6 is 11.6 Å². The lowest BCUT2D eigenvalue weighted by Crippen LogP contribution is -2.32. The summed E-state index contributed by atoms with van der Waals surface area (Å²) in [6, 6.07) is 8.87. The summed E-state index contributed by atoms with van der Waals surface area (Å²) in [5.74, 6) is -3.61. The van der Waals surface area contributed by atoms with Crippen molar-refractivity contribution in [1.29, 1.82) is 0 Å². The third-order valence-corrected chi connectivity index (χ3v) is 3.84. The van der Waals surface area contributed by atoms with E-state index < -0.39 is 29.6 Å². The molecule has 0 spiro atoms. The van der Waals surface area contributed by atoms with E-state index in [4.69, 9.17) is 16.3 Å². The summed E-state index contributed by atoms with van der Waals surface area (Å²) >= 11 is 5.74. The van der Waals surface area contributed by atoms with Crippen LogP contribution in [-0.2, 0) is 14.3 Å². The molecule has 2 amide bonds. The predicted molar refractivity (Wildman–Crippen MR) is 98.9 cm³/mol. The number of amides is 2. The highest BCUT2D eigenvalue weighted by Crippen LogP contribution is 2.15. The number of ether oxygens (including phenoxy) is 1. The van der Waals surface area contributed by atoms with E-state index in [1.165, 1.54) is 19.1 Å². The number of carbonyl (C=O) groups excluding carboxylic acids is 3. The fraction of sp³-hybridized carbons (Fsp3) is 0.211. The maximum absolute atomic E-state index is 13.5. The molecule has 28 heavy (non-hydrogen) atoms. The first-order valence-corrected chi connectivity index (χ1v) is 8.63. The molecule has 0 aromatic heterocycles. The SMILES string of the molecule is C[C@H](OC(=O)CCNC(=O)c1ccc(Cl)cc1)C(=O)Nc1ccc(F)cc1F. The minimum absolute atomic E-state index is 0.00121. The second kappa shape index (κ2) is 9.80. The van der Waals surface area contributed by atoms with Crippen LogP contribution in [0.25, 0.3) is 0 Å². The lowest BCUT2D eigenvalue weighted by Gasteiger charge is -2.14. The summed E-state index contributed by atoms with van der Waals surface area (Å²) in [6.45, 7) is 1.31.